The molecular formula is C25H37N5O7. The quantitative estimate of drug-likeness (QED) is 0.202. The fraction of sp³-hybridized carbons (Fsp3) is 0.560. The lowest BCUT2D eigenvalue weighted by atomic mass is 10.0. The molecule has 8 N–H and O–H groups in total. The number of nitrogens with zero attached hydrogens (tertiary/aromatic N) is 1. The molecule has 0 saturated carbocycles. The largest absolute Gasteiger partial charge is 0.508 e. The zero-order valence-corrected chi connectivity index (χ0v) is 21.2. The van der Waals surface area contributed by atoms with Gasteiger partial charge in [0.25, 0.3) is 0 Å². The molecule has 1 aromatic rings. The van der Waals surface area contributed by atoms with Crippen molar-refractivity contribution in [1.82, 2.24) is 15.5 Å². The molecule has 12 nitrogen and oxygen atoms in total. The molecule has 0 aromatic heterocycles. The van der Waals surface area contributed by atoms with Crippen LogP contribution in [0.1, 0.15) is 51.5 Å². The average Bonchev–Trinajstić information content (AvgIpc) is 3.31. The first-order valence-corrected chi connectivity index (χ1v) is 12.3. The fourth-order valence-electron chi connectivity index (χ4n) is 4.29. The number of aromatic hydroxyl groups is 1. The van der Waals surface area contributed by atoms with Crippen molar-refractivity contribution in [3.63, 3.8) is 0 Å². The first-order chi connectivity index (χ1) is 17.4. The number of benzene rings is 1. The summed E-state index contributed by atoms with van der Waals surface area (Å²) in [6.07, 6.45) is 0.999. The van der Waals surface area contributed by atoms with Gasteiger partial charge in [-0.15, -0.1) is 0 Å². The van der Waals surface area contributed by atoms with Gasteiger partial charge in [-0.25, -0.2) is 4.79 Å². The lowest BCUT2D eigenvalue weighted by Crippen LogP contribution is -2.57. The molecule has 1 aromatic carbocycles. The average molecular weight is 520 g/mol. The van der Waals surface area contributed by atoms with E-state index >= 15 is 0 Å². The van der Waals surface area contributed by atoms with Crippen molar-refractivity contribution in [2.24, 2.45) is 17.4 Å². The highest BCUT2D eigenvalue weighted by atomic mass is 16.4. The lowest BCUT2D eigenvalue weighted by molar-refractivity contribution is -0.143. The van der Waals surface area contributed by atoms with E-state index in [1.165, 1.54) is 17.0 Å². The molecule has 204 valence electrons. The Morgan fingerprint density at radius 2 is 1.73 bits per heavy atom. The monoisotopic (exact) mass is 519 g/mol. The molecule has 37 heavy (non-hydrogen) atoms. The van der Waals surface area contributed by atoms with Gasteiger partial charge in [-0.05, 0) is 49.3 Å². The standard InChI is InChI=1S/C25H37N5O7/c1-14(2)12-17(26)24(35)30-11-3-4-20(30)23(34)29-19(13-15-5-7-16(31)8-6-15)22(33)28-18(25(36)37)9-10-21(27)32/h5-8,14,17-20,31H,3-4,9-13,26H2,1-2H3,(H2,27,32)(H,28,33)(H,29,34)(H,36,37). The van der Waals surface area contributed by atoms with E-state index in [2.05, 4.69) is 10.6 Å². The number of phenolic OH excluding ortho intramolecular Hbond substituents is 1. The SMILES string of the molecule is CC(C)CC(N)C(=O)N1CCCC1C(=O)NC(Cc1ccc(O)cc1)C(=O)NC(CCC(N)=O)C(=O)O. The van der Waals surface area contributed by atoms with Crippen molar-refractivity contribution in [3.8, 4) is 5.75 Å². The van der Waals surface area contributed by atoms with E-state index in [0.29, 0.717) is 31.4 Å². The van der Waals surface area contributed by atoms with Gasteiger partial charge < -0.3 is 37.2 Å². The molecule has 0 bridgehead atoms. The summed E-state index contributed by atoms with van der Waals surface area (Å²) >= 11 is 0. The van der Waals surface area contributed by atoms with Crippen molar-refractivity contribution < 1.29 is 34.2 Å². The van der Waals surface area contributed by atoms with Gasteiger partial charge in [0, 0.05) is 19.4 Å². The molecular weight excluding hydrogens is 482 g/mol. The lowest BCUT2D eigenvalue weighted by Gasteiger charge is -2.29. The van der Waals surface area contributed by atoms with Crippen molar-refractivity contribution in [3.05, 3.63) is 29.8 Å². The molecule has 2 rings (SSSR count). The first-order valence-electron chi connectivity index (χ1n) is 12.3. The summed E-state index contributed by atoms with van der Waals surface area (Å²) in [5, 5.41) is 24.0. The molecule has 1 aliphatic rings. The number of carboxylic acids is 1. The van der Waals surface area contributed by atoms with E-state index in [-0.39, 0.29) is 36.8 Å². The predicted molar refractivity (Wildman–Crippen MR) is 134 cm³/mol. The van der Waals surface area contributed by atoms with E-state index in [9.17, 15) is 34.2 Å². The minimum atomic E-state index is -1.39. The first kappa shape index (κ1) is 29.6. The minimum Gasteiger partial charge on any atom is -0.508 e. The Hall–Kier alpha value is -3.67. The van der Waals surface area contributed by atoms with Crippen LogP contribution in [-0.4, -0.2) is 75.4 Å². The van der Waals surface area contributed by atoms with Gasteiger partial charge in [0.1, 0.15) is 23.9 Å². The molecule has 4 atom stereocenters. The van der Waals surface area contributed by atoms with Crippen LogP contribution in [0, 0.1) is 5.92 Å². The molecule has 1 heterocycles. The number of likely N-dealkylation sites (tertiary alicyclic amines) is 1. The van der Waals surface area contributed by atoms with Crippen LogP contribution in [0.15, 0.2) is 24.3 Å². The van der Waals surface area contributed by atoms with Crippen molar-refractivity contribution >= 4 is 29.6 Å². The summed E-state index contributed by atoms with van der Waals surface area (Å²) in [7, 11) is 0. The summed E-state index contributed by atoms with van der Waals surface area (Å²) < 4.78 is 0. The third kappa shape index (κ3) is 9.05. The maximum Gasteiger partial charge on any atom is 0.326 e. The molecule has 1 saturated heterocycles. The second-order valence-electron chi connectivity index (χ2n) is 9.76. The number of nitrogens with two attached hydrogens (primary N) is 2. The normalized spacial score (nSPS) is 17.6. The molecule has 1 aliphatic heterocycles. The van der Waals surface area contributed by atoms with Crippen LogP contribution in [0.3, 0.4) is 0 Å². The summed E-state index contributed by atoms with van der Waals surface area (Å²) in [5.41, 5.74) is 11.8. The number of rotatable bonds is 13. The topological polar surface area (TPSA) is 205 Å². The number of phenols is 1. The van der Waals surface area contributed by atoms with Gasteiger partial charge in [0.05, 0.1) is 6.04 Å². The van der Waals surface area contributed by atoms with Crippen LogP contribution in [0.25, 0.3) is 0 Å². The van der Waals surface area contributed by atoms with Crippen LogP contribution in [0.5, 0.6) is 5.75 Å². The van der Waals surface area contributed by atoms with Gasteiger partial charge in [0.2, 0.25) is 23.6 Å². The number of carboxylic acid groups (broad SMARTS) is 1. The maximum atomic E-state index is 13.3. The molecule has 4 amide bonds. The van der Waals surface area contributed by atoms with Gasteiger partial charge in [-0.1, -0.05) is 26.0 Å². The Balaban J connectivity index is 2.20. The van der Waals surface area contributed by atoms with Crippen LogP contribution in [-0.2, 0) is 30.4 Å². The Kier molecular flexibility index (Phi) is 10.9. The second kappa shape index (κ2) is 13.6. The zero-order chi connectivity index (χ0) is 27.7. The highest BCUT2D eigenvalue weighted by Crippen LogP contribution is 2.20. The Morgan fingerprint density at radius 3 is 2.30 bits per heavy atom. The molecule has 0 aliphatic carbocycles. The number of hydrogen-bond donors (Lipinski definition) is 6. The van der Waals surface area contributed by atoms with Gasteiger partial charge in [-0.3, -0.25) is 19.2 Å². The number of carbonyl (C=O) groups is 5. The smallest absolute Gasteiger partial charge is 0.326 e. The van der Waals surface area contributed by atoms with Gasteiger partial charge >= 0.3 is 5.97 Å². The number of nitrogens with one attached hydrogen (secondary N) is 2. The number of carbonyl (C=O) groups excluding carboxylic acids is 4. The highest BCUT2D eigenvalue weighted by molar-refractivity contribution is 5.94. The van der Waals surface area contributed by atoms with E-state index in [1.54, 1.807) is 12.1 Å². The van der Waals surface area contributed by atoms with Crippen LogP contribution >= 0.6 is 0 Å². The molecule has 1 fully saturated rings. The van der Waals surface area contributed by atoms with Gasteiger partial charge in [-0.2, -0.15) is 0 Å². The van der Waals surface area contributed by atoms with Crippen molar-refractivity contribution in [2.45, 2.75) is 76.5 Å². The summed E-state index contributed by atoms with van der Waals surface area (Å²) in [4.78, 5) is 63.4. The number of amides is 4. The fourth-order valence-corrected chi connectivity index (χ4v) is 4.29. The summed E-state index contributed by atoms with van der Waals surface area (Å²) in [5.74, 6) is -3.50. The summed E-state index contributed by atoms with van der Waals surface area (Å²) in [6, 6.07) is 1.85. The van der Waals surface area contributed by atoms with Gasteiger partial charge in [0.15, 0.2) is 0 Å². The van der Waals surface area contributed by atoms with Crippen LogP contribution in [0.2, 0.25) is 0 Å². The molecule has 0 radical (unpaired) electrons. The molecule has 0 spiro atoms. The van der Waals surface area contributed by atoms with Crippen LogP contribution < -0.4 is 22.1 Å². The Labute approximate surface area is 215 Å². The third-order valence-corrected chi connectivity index (χ3v) is 6.18. The van der Waals surface area contributed by atoms with E-state index in [4.69, 9.17) is 11.5 Å². The zero-order valence-electron chi connectivity index (χ0n) is 21.2. The summed E-state index contributed by atoms with van der Waals surface area (Å²) in [6.45, 7) is 4.26. The number of aliphatic carboxylic acids is 1. The Bertz CT molecular complexity index is 982. The predicted octanol–water partition coefficient (Wildman–Crippen LogP) is -0.381. The van der Waals surface area contributed by atoms with Crippen molar-refractivity contribution in [1.29, 1.82) is 0 Å². The molecule has 4 unspecified atom stereocenters. The van der Waals surface area contributed by atoms with E-state index < -0.39 is 47.9 Å². The van der Waals surface area contributed by atoms with Crippen molar-refractivity contribution in [2.75, 3.05) is 6.54 Å². The van der Waals surface area contributed by atoms with E-state index in [1.807, 2.05) is 13.8 Å². The van der Waals surface area contributed by atoms with Crippen LogP contribution in [0.4, 0.5) is 0 Å². The minimum absolute atomic E-state index is 0.00641. The number of primary amides is 1. The maximum absolute atomic E-state index is 13.3. The highest BCUT2D eigenvalue weighted by Gasteiger charge is 2.38. The number of hydrogen-bond acceptors (Lipinski definition) is 7. The third-order valence-electron chi connectivity index (χ3n) is 6.18. The molecule has 12 heteroatoms. The second-order valence-corrected chi connectivity index (χ2v) is 9.76. The van der Waals surface area contributed by atoms with E-state index in [0.717, 1.165) is 0 Å². The Morgan fingerprint density at radius 1 is 1.08 bits per heavy atom.